The summed E-state index contributed by atoms with van der Waals surface area (Å²) in [5, 5.41) is 9.96. The number of hydrogen-bond acceptors (Lipinski definition) is 6. The lowest BCUT2D eigenvalue weighted by Gasteiger charge is -2.33. The van der Waals surface area contributed by atoms with E-state index in [-0.39, 0.29) is 27.9 Å². The Hall–Kier alpha value is -1.60. The molecule has 2 rings (SSSR count). The van der Waals surface area contributed by atoms with E-state index < -0.39 is 50.5 Å². The third-order valence-electron chi connectivity index (χ3n) is 5.52. The molecule has 0 aliphatic carbocycles. The van der Waals surface area contributed by atoms with Gasteiger partial charge in [-0.3, -0.25) is 0 Å². The summed E-state index contributed by atoms with van der Waals surface area (Å²) >= 11 is 5.97. The van der Waals surface area contributed by atoms with E-state index in [9.17, 15) is 26.3 Å². The Bertz CT molecular complexity index is 1160. The van der Waals surface area contributed by atoms with E-state index in [1.807, 2.05) is 0 Å². The number of methoxy groups -OCH3 is 1. The van der Waals surface area contributed by atoms with E-state index in [4.69, 9.17) is 16.3 Å². The van der Waals surface area contributed by atoms with Crippen LogP contribution in [0, 0.1) is 11.7 Å². The maximum atomic E-state index is 13.3. The van der Waals surface area contributed by atoms with E-state index >= 15 is 0 Å². The van der Waals surface area contributed by atoms with Crippen molar-refractivity contribution in [3.05, 3.63) is 59.4 Å². The van der Waals surface area contributed by atoms with Crippen molar-refractivity contribution in [2.45, 2.75) is 35.8 Å². The van der Waals surface area contributed by atoms with Gasteiger partial charge in [-0.1, -0.05) is 24.6 Å². The molecule has 0 aliphatic heterocycles. The molecule has 190 valence electrons. The first-order valence-corrected chi connectivity index (χ1v) is 13.7. The number of aliphatic hydroxyl groups excluding tert-OH is 1. The maximum Gasteiger partial charge on any atom is 0.243 e. The van der Waals surface area contributed by atoms with Gasteiger partial charge in [0.2, 0.25) is 20.0 Å². The summed E-state index contributed by atoms with van der Waals surface area (Å²) in [6, 6.07) is 9.55. The first kappa shape index (κ1) is 28.6. The molecule has 0 radical (unpaired) electrons. The van der Waals surface area contributed by atoms with Crippen LogP contribution in [0.5, 0.6) is 0 Å². The normalized spacial score (nSPS) is 15.4. The number of hydrogen-bond donors (Lipinski definition) is 1. The molecular formula is C22H30ClFN2O6S2. The van der Waals surface area contributed by atoms with Crippen LogP contribution in [0.4, 0.5) is 4.39 Å². The summed E-state index contributed by atoms with van der Waals surface area (Å²) < 4.78 is 73.3. The second-order valence-electron chi connectivity index (χ2n) is 8.05. The first-order valence-electron chi connectivity index (χ1n) is 10.5. The van der Waals surface area contributed by atoms with Crippen LogP contribution in [0.15, 0.2) is 58.3 Å². The van der Waals surface area contributed by atoms with Crippen molar-refractivity contribution in [3.8, 4) is 0 Å². The molecule has 0 spiro atoms. The highest BCUT2D eigenvalue weighted by atomic mass is 35.5. The third kappa shape index (κ3) is 6.75. The monoisotopic (exact) mass is 536 g/mol. The fraction of sp³-hybridized carbons (Fsp3) is 0.455. The molecule has 2 aromatic carbocycles. The highest BCUT2D eigenvalue weighted by molar-refractivity contribution is 7.89. The van der Waals surface area contributed by atoms with E-state index in [0.717, 1.165) is 20.7 Å². The van der Waals surface area contributed by atoms with Gasteiger partial charge in [-0.2, -0.15) is 8.61 Å². The van der Waals surface area contributed by atoms with Crippen LogP contribution in [0.3, 0.4) is 0 Å². The number of aliphatic hydroxyl groups is 1. The van der Waals surface area contributed by atoms with Gasteiger partial charge in [0.1, 0.15) is 5.82 Å². The molecule has 3 atom stereocenters. The van der Waals surface area contributed by atoms with Gasteiger partial charge in [-0.15, -0.1) is 0 Å². The Morgan fingerprint density at radius 1 is 1.00 bits per heavy atom. The molecule has 1 N–H and O–H groups in total. The Morgan fingerprint density at radius 3 is 2.15 bits per heavy atom. The van der Waals surface area contributed by atoms with E-state index in [0.29, 0.717) is 0 Å². The zero-order valence-electron chi connectivity index (χ0n) is 19.4. The summed E-state index contributed by atoms with van der Waals surface area (Å²) in [6.45, 7) is 2.78. The van der Waals surface area contributed by atoms with Crippen LogP contribution in [-0.2, 0) is 24.8 Å². The quantitative estimate of drug-likeness (QED) is 0.447. The lowest BCUT2D eigenvalue weighted by Crippen LogP contribution is -2.47. The maximum absolute atomic E-state index is 13.3. The minimum atomic E-state index is -4.01. The van der Waals surface area contributed by atoms with Crippen LogP contribution in [0.2, 0.25) is 5.02 Å². The minimum absolute atomic E-state index is 0.0162. The Balaban J connectivity index is 2.26. The lowest BCUT2D eigenvalue weighted by molar-refractivity contribution is 0.0360. The topological polar surface area (TPSA) is 104 Å². The van der Waals surface area contributed by atoms with Crippen LogP contribution in [0.1, 0.15) is 13.8 Å². The second-order valence-corrected chi connectivity index (χ2v) is 12.4. The van der Waals surface area contributed by atoms with Gasteiger partial charge in [0.05, 0.1) is 22.5 Å². The lowest BCUT2D eigenvalue weighted by atomic mass is 10.0. The van der Waals surface area contributed by atoms with E-state index in [1.54, 1.807) is 19.9 Å². The predicted molar refractivity (Wildman–Crippen MR) is 128 cm³/mol. The van der Waals surface area contributed by atoms with Crippen LogP contribution in [-0.4, -0.2) is 76.6 Å². The van der Waals surface area contributed by atoms with Gasteiger partial charge in [0.25, 0.3) is 0 Å². The van der Waals surface area contributed by atoms with Crippen molar-refractivity contribution >= 4 is 31.6 Å². The van der Waals surface area contributed by atoms with Crippen molar-refractivity contribution in [1.82, 2.24) is 8.61 Å². The smallest absolute Gasteiger partial charge is 0.243 e. The zero-order chi connectivity index (χ0) is 25.7. The van der Waals surface area contributed by atoms with Crippen molar-refractivity contribution in [2.24, 2.45) is 5.92 Å². The van der Waals surface area contributed by atoms with Gasteiger partial charge in [0, 0.05) is 38.3 Å². The molecule has 12 heteroatoms. The van der Waals surface area contributed by atoms with Crippen molar-refractivity contribution in [3.63, 3.8) is 0 Å². The summed E-state index contributed by atoms with van der Waals surface area (Å²) in [6.07, 6.45) is -0.678. The summed E-state index contributed by atoms with van der Waals surface area (Å²) in [5.74, 6) is -1.01. The highest BCUT2D eigenvalue weighted by Gasteiger charge is 2.34. The number of nitrogens with zero attached hydrogens (tertiary/aromatic N) is 2. The molecule has 0 fully saturated rings. The summed E-state index contributed by atoms with van der Waals surface area (Å²) in [5.41, 5.74) is 0. The van der Waals surface area contributed by atoms with Gasteiger partial charge in [-0.25, -0.2) is 21.2 Å². The van der Waals surface area contributed by atoms with Gasteiger partial charge in [-0.05, 0) is 55.3 Å². The van der Waals surface area contributed by atoms with Crippen molar-refractivity contribution in [1.29, 1.82) is 0 Å². The second kappa shape index (κ2) is 11.9. The number of likely N-dealkylation sites (N-methyl/N-ethyl adjacent to an activating group) is 1. The van der Waals surface area contributed by atoms with Gasteiger partial charge >= 0.3 is 0 Å². The molecule has 2 aromatic rings. The molecule has 0 saturated heterocycles. The van der Waals surface area contributed by atoms with Gasteiger partial charge < -0.3 is 9.84 Å². The molecule has 0 amide bonds. The number of ether oxygens (including phenoxy) is 1. The van der Waals surface area contributed by atoms with E-state index in [2.05, 4.69) is 0 Å². The first-order chi connectivity index (χ1) is 15.8. The third-order valence-corrected chi connectivity index (χ3v) is 9.57. The zero-order valence-corrected chi connectivity index (χ0v) is 21.8. The fourth-order valence-electron chi connectivity index (χ4n) is 3.40. The fourth-order valence-corrected chi connectivity index (χ4v) is 6.60. The molecule has 0 aromatic heterocycles. The number of benzene rings is 2. The average Bonchev–Trinajstić information content (AvgIpc) is 2.80. The van der Waals surface area contributed by atoms with Crippen LogP contribution < -0.4 is 0 Å². The number of halogens is 2. The van der Waals surface area contributed by atoms with Crippen LogP contribution in [0.25, 0.3) is 0 Å². The largest absolute Gasteiger partial charge is 0.395 e. The molecule has 0 bridgehead atoms. The molecule has 0 saturated carbocycles. The van der Waals surface area contributed by atoms with Gasteiger partial charge in [0.15, 0.2) is 0 Å². The molecule has 34 heavy (non-hydrogen) atoms. The molecule has 0 aliphatic rings. The number of rotatable bonds is 12. The summed E-state index contributed by atoms with van der Waals surface area (Å²) in [7, 11) is -5.15. The Morgan fingerprint density at radius 2 is 1.62 bits per heavy atom. The Labute approximate surface area is 206 Å². The standard InChI is InChI=1S/C22H30ClFN2O6S2/c1-16(13-26(17(2)15-27)34(30,31)21-7-5-6-18(23)12-21)22(32-4)14-25(3)33(28,29)20-10-8-19(24)9-11-20/h5-12,16-17,22,27H,13-15H2,1-4H3/t16-,17-,22+/m1/s1. The molecule has 0 heterocycles. The average molecular weight is 537 g/mol. The van der Waals surface area contributed by atoms with Crippen molar-refractivity contribution < 1.29 is 31.1 Å². The summed E-state index contributed by atoms with van der Waals surface area (Å²) in [4.78, 5) is -0.0876. The van der Waals surface area contributed by atoms with E-state index in [1.165, 1.54) is 44.5 Å². The Kier molecular flexibility index (Phi) is 10.0. The van der Waals surface area contributed by atoms with Crippen molar-refractivity contribution in [2.75, 3.05) is 33.9 Å². The highest BCUT2D eigenvalue weighted by Crippen LogP contribution is 2.24. The minimum Gasteiger partial charge on any atom is -0.395 e. The molecule has 8 nitrogen and oxygen atoms in total. The molecular weight excluding hydrogens is 507 g/mol. The SMILES string of the molecule is CO[C@@H](CN(C)S(=O)(=O)c1ccc(F)cc1)[C@H](C)CN([C@H](C)CO)S(=O)(=O)c1cccc(Cl)c1. The predicted octanol–water partition coefficient (Wildman–Crippen LogP) is 2.82. The van der Waals surface area contributed by atoms with Crippen LogP contribution >= 0.6 is 11.6 Å². The number of sulfonamides is 2. The molecule has 0 unspecified atom stereocenters.